The highest BCUT2D eigenvalue weighted by atomic mass is 16.2. The molecule has 118 valence electrons. The Labute approximate surface area is 132 Å². The van der Waals surface area contributed by atoms with Crippen LogP contribution in [0.2, 0.25) is 0 Å². The van der Waals surface area contributed by atoms with Gasteiger partial charge in [-0.2, -0.15) is 0 Å². The van der Waals surface area contributed by atoms with Crippen LogP contribution in [-0.2, 0) is 9.59 Å². The lowest BCUT2D eigenvalue weighted by atomic mass is 9.85. The fourth-order valence-electron chi connectivity index (χ4n) is 3.88. The maximum atomic E-state index is 12.4. The number of carbonyl (C=O) groups is 3. The van der Waals surface area contributed by atoms with Crippen LogP contribution in [0.25, 0.3) is 0 Å². The van der Waals surface area contributed by atoms with E-state index in [0.29, 0.717) is 5.69 Å². The van der Waals surface area contributed by atoms with Gasteiger partial charge in [0.15, 0.2) is 0 Å². The van der Waals surface area contributed by atoms with Crippen LogP contribution in [0.3, 0.4) is 0 Å². The summed E-state index contributed by atoms with van der Waals surface area (Å²) in [4.78, 5) is 41.8. The molecule has 1 aromatic rings. The minimum Gasteiger partial charge on any atom is -0.320 e. The molecule has 1 saturated heterocycles. The summed E-state index contributed by atoms with van der Waals surface area (Å²) in [5.74, 6) is -0.454. The molecule has 7 nitrogen and oxygen atoms in total. The van der Waals surface area contributed by atoms with E-state index in [1.165, 1.54) is 11.1 Å². The smallest absolute Gasteiger partial charge is 0.320 e. The Morgan fingerprint density at radius 2 is 1.91 bits per heavy atom. The number of rotatable bonds is 3. The van der Waals surface area contributed by atoms with Gasteiger partial charge in [-0.15, -0.1) is 0 Å². The summed E-state index contributed by atoms with van der Waals surface area (Å²) in [7, 11) is 0. The number of hydrogen-bond donors (Lipinski definition) is 2. The number of amides is 4. The monoisotopic (exact) mass is 312 g/mol. The van der Waals surface area contributed by atoms with Crippen molar-refractivity contribution in [3.8, 4) is 0 Å². The Morgan fingerprint density at radius 1 is 1.22 bits per heavy atom. The van der Waals surface area contributed by atoms with Gasteiger partial charge in [-0.3, -0.25) is 19.5 Å². The highest BCUT2D eigenvalue weighted by molar-refractivity contribution is 6.06. The van der Waals surface area contributed by atoms with E-state index >= 15 is 0 Å². The zero-order valence-electron chi connectivity index (χ0n) is 12.3. The molecule has 0 aromatic carbocycles. The standard InChI is InChI=1S/C16H16N4O3/c21-14-12-9-3-4-10(6-9)13(12)15(22)20(14)8-18-16(23)19-11-2-1-5-17-7-11/h1-5,7,9-10,12-13H,6,8H2,(H2,18,19,23)/t9-,10-,12-,13-/m0/s1. The number of nitrogens with zero attached hydrogens (tertiary/aromatic N) is 2. The fourth-order valence-corrected chi connectivity index (χ4v) is 3.88. The third-order valence-electron chi connectivity index (χ3n) is 4.88. The molecular formula is C16H16N4O3. The molecule has 2 heterocycles. The zero-order chi connectivity index (χ0) is 16.0. The van der Waals surface area contributed by atoms with Gasteiger partial charge in [0.25, 0.3) is 0 Å². The molecule has 1 saturated carbocycles. The number of allylic oxidation sites excluding steroid dienone is 2. The highest BCUT2D eigenvalue weighted by Gasteiger charge is 2.59. The second-order valence-electron chi connectivity index (χ2n) is 6.14. The quantitative estimate of drug-likeness (QED) is 0.642. The van der Waals surface area contributed by atoms with E-state index in [4.69, 9.17) is 0 Å². The summed E-state index contributed by atoms with van der Waals surface area (Å²) in [6, 6.07) is 2.93. The molecule has 1 aromatic heterocycles. The van der Waals surface area contributed by atoms with E-state index in [-0.39, 0.29) is 42.2 Å². The van der Waals surface area contributed by atoms with Gasteiger partial charge in [0, 0.05) is 6.20 Å². The third-order valence-corrected chi connectivity index (χ3v) is 4.88. The maximum Gasteiger partial charge on any atom is 0.320 e. The van der Waals surface area contributed by atoms with Crippen LogP contribution in [0, 0.1) is 23.7 Å². The van der Waals surface area contributed by atoms with Crippen LogP contribution in [0.5, 0.6) is 0 Å². The van der Waals surface area contributed by atoms with Crippen LogP contribution in [0.1, 0.15) is 6.42 Å². The Kier molecular flexibility index (Phi) is 3.14. The second-order valence-corrected chi connectivity index (χ2v) is 6.14. The minimum absolute atomic E-state index is 0.101. The number of anilines is 1. The van der Waals surface area contributed by atoms with Crippen LogP contribution in [0.15, 0.2) is 36.7 Å². The van der Waals surface area contributed by atoms with Crippen molar-refractivity contribution in [1.82, 2.24) is 15.2 Å². The number of likely N-dealkylation sites (tertiary alicyclic amines) is 1. The maximum absolute atomic E-state index is 12.4. The molecule has 2 fully saturated rings. The minimum atomic E-state index is -0.475. The van der Waals surface area contributed by atoms with Crippen molar-refractivity contribution in [1.29, 1.82) is 0 Å². The Morgan fingerprint density at radius 3 is 2.52 bits per heavy atom. The number of urea groups is 1. The van der Waals surface area contributed by atoms with Gasteiger partial charge >= 0.3 is 6.03 Å². The lowest BCUT2D eigenvalue weighted by Crippen LogP contribution is -2.43. The molecule has 4 rings (SSSR count). The molecule has 2 bridgehead atoms. The molecule has 0 unspecified atom stereocenters. The van der Waals surface area contributed by atoms with E-state index < -0.39 is 6.03 Å². The SMILES string of the molecule is O=C(NCN1C(=O)[C@@H]2[C@@H](C1=O)[C@H]1C=C[C@H]2C1)Nc1cccnc1. The summed E-state index contributed by atoms with van der Waals surface area (Å²) < 4.78 is 0. The summed E-state index contributed by atoms with van der Waals surface area (Å²) in [5.41, 5.74) is 0.545. The number of aromatic nitrogens is 1. The first-order valence-corrected chi connectivity index (χ1v) is 7.63. The average molecular weight is 312 g/mol. The number of fused-ring (bicyclic) bond motifs is 5. The largest absolute Gasteiger partial charge is 0.320 e. The van der Waals surface area contributed by atoms with Gasteiger partial charge < -0.3 is 10.6 Å². The number of imide groups is 1. The van der Waals surface area contributed by atoms with E-state index in [1.54, 1.807) is 18.3 Å². The molecule has 2 aliphatic carbocycles. The predicted octanol–water partition coefficient (Wildman–Crippen LogP) is 0.968. The van der Waals surface area contributed by atoms with Gasteiger partial charge in [0.2, 0.25) is 11.8 Å². The van der Waals surface area contributed by atoms with Gasteiger partial charge in [-0.1, -0.05) is 12.2 Å². The van der Waals surface area contributed by atoms with E-state index in [0.717, 1.165) is 6.42 Å². The first kappa shape index (κ1) is 13.9. The topological polar surface area (TPSA) is 91.4 Å². The Hall–Kier alpha value is -2.70. The number of hydrogen-bond acceptors (Lipinski definition) is 4. The molecule has 4 atom stereocenters. The Balaban J connectivity index is 1.38. The highest BCUT2D eigenvalue weighted by Crippen LogP contribution is 2.52. The number of pyridine rings is 1. The van der Waals surface area contributed by atoms with E-state index in [9.17, 15) is 14.4 Å². The Bertz CT molecular complexity index is 673. The molecule has 23 heavy (non-hydrogen) atoms. The average Bonchev–Trinajstić information content (AvgIpc) is 3.22. The molecule has 3 aliphatic rings. The summed E-state index contributed by atoms with van der Waals surface area (Å²) in [6.07, 6.45) is 8.10. The van der Waals surface area contributed by atoms with Crippen LogP contribution >= 0.6 is 0 Å². The molecule has 1 aliphatic heterocycles. The van der Waals surface area contributed by atoms with Crippen molar-refractivity contribution >= 4 is 23.5 Å². The first-order valence-electron chi connectivity index (χ1n) is 7.63. The van der Waals surface area contributed by atoms with Gasteiger partial charge in [0.1, 0.15) is 6.67 Å². The lowest BCUT2D eigenvalue weighted by molar-refractivity contribution is -0.140. The molecule has 0 radical (unpaired) electrons. The fraction of sp³-hybridized carbons (Fsp3) is 0.375. The normalized spacial score (nSPS) is 30.7. The number of nitrogens with one attached hydrogen (secondary N) is 2. The molecule has 7 heteroatoms. The van der Waals surface area contributed by atoms with Crippen LogP contribution in [0.4, 0.5) is 10.5 Å². The van der Waals surface area contributed by atoms with E-state index in [2.05, 4.69) is 15.6 Å². The van der Waals surface area contributed by atoms with Crippen molar-refractivity contribution in [2.24, 2.45) is 23.7 Å². The zero-order valence-corrected chi connectivity index (χ0v) is 12.3. The molecule has 4 amide bonds. The van der Waals surface area contributed by atoms with Gasteiger partial charge in [0.05, 0.1) is 23.7 Å². The van der Waals surface area contributed by atoms with E-state index in [1.807, 2.05) is 12.2 Å². The van der Waals surface area contributed by atoms with Gasteiger partial charge in [-0.05, 0) is 30.4 Å². The lowest BCUT2D eigenvalue weighted by Gasteiger charge is -2.17. The summed E-state index contributed by atoms with van der Waals surface area (Å²) in [6.45, 7) is -0.101. The second kappa shape index (κ2) is 5.19. The van der Waals surface area contributed by atoms with Crippen molar-refractivity contribution in [3.63, 3.8) is 0 Å². The predicted molar refractivity (Wildman–Crippen MR) is 80.8 cm³/mol. The molecular weight excluding hydrogens is 296 g/mol. The molecule has 0 spiro atoms. The van der Waals surface area contributed by atoms with Gasteiger partial charge in [-0.25, -0.2) is 4.79 Å². The van der Waals surface area contributed by atoms with Crippen molar-refractivity contribution in [2.45, 2.75) is 6.42 Å². The summed E-state index contributed by atoms with van der Waals surface area (Å²) in [5, 5.41) is 5.16. The molecule has 2 N–H and O–H groups in total. The van der Waals surface area contributed by atoms with Crippen molar-refractivity contribution < 1.29 is 14.4 Å². The van der Waals surface area contributed by atoms with Crippen LogP contribution in [-0.4, -0.2) is 34.4 Å². The van der Waals surface area contributed by atoms with Crippen molar-refractivity contribution in [3.05, 3.63) is 36.7 Å². The third kappa shape index (κ3) is 2.19. The first-order chi connectivity index (χ1) is 11.1. The number of carbonyl (C=O) groups excluding carboxylic acids is 3. The van der Waals surface area contributed by atoms with Crippen LogP contribution < -0.4 is 10.6 Å². The summed E-state index contributed by atoms with van der Waals surface area (Å²) >= 11 is 0. The van der Waals surface area contributed by atoms with Crippen molar-refractivity contribution in [2.75, 3.05) is 12.0 Å².